The van der Waals surface area contributed by atoms with Crippen LogP contribution in [0.4, 0.5) is 10.1 Å². The van der Waals surface area contributed by atoms with Crippen LogP contribution in [0.3, 0.4) is 0 Å². The van der Waals surface area contributed by atoms with Gasteiger partial charge in [-0.05, 0) is 11.6 Å². The molecule has 1 heterocycles. The van der Waals surface area contributed by atoms with Gasteiger partial charge in [-0.15, -0.1) is 0 Å². The van der Waals surface area contributed by atoms with E-state index >= 15 is 0 Å². The monoisotopic (exact) mass is 268 g/mol. The highest BCUT2D eigenvalue weighted by molar-refractivity contribution is 5.79. The molecule has 1 fully saturated rings. The third kappa shape index (κ3) is 3.25. The molecule has 1 aliphatic heterocycles. The lowest BCUT2D eigenvalue weighted by atomic mass is 10.1. The van der Waals surface area contributed by atoms with Crippen LogP contribution in [0.5, 0.6) is 0 Å². The van der Waals surface area contributed by atoms with Gasteiger partial charge in [-0.1, -0.05) is 6.07 Å². The van der Waals surface area contributed by atoms with E-state index in [1.54, 1.807) is 4.90 Å². The Kier molecular flexibility index (Phi) is 4.06. The molecule has 1 saturated heterocycles. The van der Waals surface area contributed by atoms with E-state index in [0.717, 1.165) is 12.1 Å². The molecule has 1 aromatic carbocycles. The highest BCUT2D eigenvalue weighted by Gasteiger charge is 2.19. The van der Waals surface area contributed by atoms with Crippen LogP contribution in [0.2, 0.25) is 0 Å². The van der Waals surface area contributed by atoms with E-state index in [1.165, 1.54) is 6.07 Å². The van der Waals surface area contributed by atoms with Crippen molar-refractivity contribution in [2.75, 3.05) is 26.3 Å². The molecule has 1 aliphatic rings. The summed E-state index contributed by atoms with van der Waals surface area (Å²) in [5.74, 6) is -1.03. The number of carbonyl (C=O) groups excluding carboxylic acids is 1. The molecule has 0 radical (unpaired) electrons. The maximum atomic E-state index is 13.2. The van der Waals surface area contributed by atoms with Crippen LogP contribution in [0, 0.1) is 15.9 Å². The second kappa shape index (κ2) is 5.75. The van der Waals surface area contributed by atoms with E-state index in [0.29, 0.717) is 31.9 Å². The zero-order valence-corrected chi connectivity index (χ0v) is 10.2. The average Bonchev–Trinajstić information content (AvgIpc) is 2.41. The van der Waals surface area contributed by atoms with E-state index in [2.05, 4.69) is 0 Å². The van der Waals surface area contributed by atoms with E-state index in [-0.39, 0.29) is 12.3 Å². The lowest BCUT2D eigenvalue weighted by molar-refractivity contribution is -0.387. The predicted molar refractivity (Wildman–Crippen MR) is 64.2 cm³/mol. The Morgan fingerprint density at radius 1 is 1.42 bits per heavy atom. The maximum absolute atomic E-state index is 13.2. The summed E-state index contributed by atoms with van der Waals surface area (Å²) in [6.45, 7) is 2.02. The van der Waals surface area contributed by atoms with Gasteiger partial charge in [0.1, 0.15) is 0 Å². The van der Waals surface area contributed by atoms with Gasteiger partial charge in [-0.3, -0.25) is 14.9 Å². The van der Waals surface area contributed by atoms with Crippen LogP contribution in [-0.2, 0) is 16.0 Å². The van der Waals surface area contributed by atoms with Crippen molar-refractivity contribution in [1.82, 2.24) is 4.90 Å². The van der Waals surface area contributed by atoms with E-state index in [4.69, 9.17) is 4.74 Å². The number of hydrogen-bond donors (Lipinski definition) is 0. The summed E-state index contributed by atoms with van der Waals surface area (Å²) in [6.07, 6.45) is 0.0289. The fourth-order valence-corrected chi connectivity index (χ4v) is 1.91. The van der Waals surface area contributed by atoms with Crippen molar-refractivity contribution in [1.29, 1.82) is 0 Å². The lowest BCUT2D eigenvalue weighted by Crippen LogP contribution is -2.41. The van der Waals surface area contributed by atoms with Gasteiger partial charge in [-0.2, -0.15) is 4.39 Å². The Morgan fingerprint density at radius 2 is 2.11 bits per heavy atom. The van der Waals surface area contributed by atoms with E-state index in [9.17, 15) is 19.3 Å². The highest BCUT2D eigenvalue weighted by atomic mass is 19.1. The van der Waals surface area contributed by atoms with Gasteiger partial charge in [0.15, 0.2) is 0 Å². The zero-order chi connectivity index (χ0) is 13.8. The van der Waals surface area contributed by atoms with Crippen LogP contribution >= 0.6 is 0 Å². The fourth-order valence-electron chi connectivity index (χ4n) is 1.91. The Labute approximate surface area is 108 Å². The van der Waals surface area contributed by atoms with Gasteiger partial charge >= 0.3 is 5.69 Å². The Balaban J connectivity index is 2.08. The summed E-state index contributed by atoms with van der Waals surface area (Å²) in [4.78, 5) is 23.4. The Hall–Kier alpha value is -2.02. The minimum atomic E-state index is -0.896. The molecule has 0 unspecified atom stereocenters. The summed E-state index contributed by atoms with van der Waals surface area (Å²) >= 11 is 0. The van der Waals surface area contributed by atoms with Gasteiger partial charge in [0.05, 0.1) is 24.6 Å². The van der Waals surface area contributed by atoms with Crippen molar-refractivity contribution in [3.63, 3.8) is 0 Å². The lowest BCUT2D eigenvalue weighted by Gasteiger charge is -2.26. The predicted octanol–water partition coefficient (Wildman–Crippen LogP) is 1.14. The minimum Gasteiger partial charge on any atom is -0.378 e. The number of halogens is 1. The molecular formula is C12H13FN2O4. The number of nitrogens with zero attached hydrogens (tertiary/aromatic N) is 2. The van der Waals surface area contributed by atoms with Crippen LogP contribution in [0.15, 0.2) is 18.2 Å². The van der Waals surface area contributed by atoms with Gasteiger partial charge in [-0.25, -0.2) is 0 Å². The second-order valence-electron chi connectivity index (χ2n) is 4.21. The third-order valence-corrected chi connectivity index (χ3v) is 2.93. The minimum absolute atomic E-state index is 0.0289. The largest absolute Gasteiger partial charge is 0.378 e. The number of benzene rings is 1. The first kappa shape index (κ1) is 13.4. The number of hydrogen-bond acceptors (Lipinski definition) is 4. The fraction of sp³-hybridized carbons (Fsp3) is 0.417. The van der Waals surface area contributed by atoms with Gasteiger partial charge in [0.2, 0.25) is 11.7 Å². The molecule has 1 aromatic rings. The number of nitro benzene ring substituents is 1. The SMILES string of the molecule is O=C(Cc1ccc(F)c([N+](=O)[O-])c1)N1CCOCC1. The number of nitro groups is 1. The molecule has 19 heavy (non-hydrogen) atoms. The van der Waals surface area contributed by atoms with E-state index < -0.39 is 16.4 Å². The molecule has 102 valence electrons. The van der Waals surface area contributed by atoms with Crippen molar-refractivity contribution in [3.05, 3.63) is 39.7 Å². The van der Waals surface area contributed by atoms with Crippen LogP contribution < -0.4 is 0 Å². The van der Waals surface area contributed by atoms with Crippen molar-refractivity contribution in [3.8, 4) is 0 Å². The van der Waals surface area contributed by atoms with Crippen molar-refractivity contribution in [2.45, 2.75) is 6.42 Å². The molecule has 0 N–H and O–H groups in total. The quantitative estimate of drug-likeness (QED) is 0.608. The number of carbonyl (C=O) groups is 1. The molecule has 0 saturated carbocycles. The van der Waals surface area contributed by atoms with Gasteiger partial charge in [0.25, 0.3) is 0 Å². The maximum Gasteiger partial charge on any atom is 0.305 e. The number of ether oxygens (including phenoxy) is 1. The molecule has 7 heteroatoms. The Morgan fingerprint density at radius 3 is 2.74 bits per heavy atom. The summed E-state index contributed by atoms with van der Waals surface area (Å²) in [5, 5.41) is 10.6. The van der Waals surface area contributed by atoms with Crippen molar-refractivity contribution in [2.24, 2.45) is 0 Å². The normalized spacial score (nSPS) is 15.3. The molecule has 1 amide bonds. The molecule has 0 aromatic heterocycles. The summed E-state index contributed by atoms with van der Waals surface area (Å²) in [6, 6.07) is 3.51. The average molecular weight is 268 g/mol. The number of morpholine rings is 1. The summed E-state index contributed by atoms with van der Waals surface area (Å²) < 4.78 is 18.3. The first-order valence-electron chi connectivity index (χ1n) is 5.86. The highest BCUT2D eigenvalue weighted by Crippen LogP contribution is 2.19. The van der Waals surface area contributed by atoms with Crippen LogP contribution in [0.25, 0.3) is 0 Å². The third-order valence-electron chi connectivity index (χ3n) is 2.93. The number of rotatable bonds is 3. The molecule has 0 aliphatic carbocycles. The van der Waals surface area contributed by atoms with Gasteiger partial charge in [0, 0.05) is 19.2 Å². The molecule has 0 bridgehead atoms. The first-order chi connectivity index (χ1) is 9.08. The topological polar surface area (TPSA) is 72.7 Å². The van der Waals surface area contributed by atoms with Crippen molar-refractivity contribution < 1.29 is 18.8 Å². The summed E-state index contributed by atoms with van der Waals surface area (Å²) in [5.41, 5.74) is -0.170. The van der Waals surface area contributed by atoms with E-state index in [1.807, 2.05) is 0 Å². The molecule has 6 nitrogen and oxygen atoms in total. The smallest absolute Gasteiger partial charge is 0.305 e. The van der Waals surface area contributed by atoms with Crippen LogP contribution in [0.1, 0.15) is 5.56 Å². The molecular weight excluding hydrogens is 255 g/mol. The van der Waals surface area contributed by atoms with Crippen molar-refractivity contribution >= 4 is 11.6 Å². The molecule has 0 atom stereocenters. The van der Waals surface area contributed by atoms with Crippen LogP contribution in [-0.4, -0.2) is 42.0 Å². The zero-order valence-electron chi connectivity index (χ0n) is 10.2. The molecule has 2 rings (SSSR count). The molecule has 0 spiro atoms. The number of amides is 1. The van der Waals surface area contributed by atoms with Gasteiger partial charge < -0.3 is 9.64 Å². The standard InChI is InChI=1S/C12H13FN2O4/c13-10-2-1-9(7-11(10)15(17)18)8-12(16)14-3-5-19-6-4-14/h1-2,7H,3-6,8H2. The second-order valence-corrected chi connectivity index (χ2v) is 4.21. The first-order valence-corrected chi connectivity index (χ1v) is 5.86. The Bertz CT molecular complexity index is 501. The summed E-state index contributed by atoms with van der Waals surface area (Å²) in [7, 11) is 0.